The van der Waals surface area contributed by atoms with Crippen LogP contribution in [0.1, 0.15) is 41.5 Å². The van der Waals surface area contributed by atoms with Crippen molar-refractivity contribution in [2.45, 2.75) is 36.9 Å². The van der Waals surface area contributed by atoms with Gasteiger partial charge in [0, 0.05) is 28.1 Å². The van der Waals surface area contributed by atoms with Crippen molar-refractivity contribution in [2.24, 2.45) is 0 Å². The highest BCUT2D eigenvalue weighted by atomic mass is 35.5. The summed E-state index contributed by atoms with van der Waals surface area (Å²) in [6.45, 7) is -0.0897. The highest BCUT2D eigenvalue weighted by Crippen LogP contribution is 2.55. The molecule has 0 spiro atoms. The topological polar surface area (TPSA) is 93.4 Å². The van der Waals surface area contributed by atoms with Crippen LogP contribution in [0, 0.1) is 23.2 Å². The molecular weight excluding hydrogens is 483 g/mol. The van der Waals surface area contributed by atoms with Gasteiger partial charge in [-0.05, 0) is 60.4 Å². The number of hydrogen-bond donors (Lipinski definition) is 3. The maximum absolute atomic E-state index is 13.4. The molecule has 0 aliphatic heterocycles. The van der Waals surface area contributed by atoms with Crippen molar-refractivity contribution in [3.8, 4) is 17.9 Å². The first-order chi connectivity index (χ1) is 16.8. The van der Waals surface area contributed by atoms with Crippen molar-refractivity contribution < 1.29 is 15.0 Å². The number of benzene rings is 3. The van der Waals surface area contributed by atoms with E-state index in [0.717, 1.165) is 24.0 Å². The third kappa shape index (κ3) is 5.51. The third-order valence-electron chi connectivity index (χ3n) is 6.17. The number of carbonyl (C=O) groups is 1. The van der Waals surface area contributed by atoms with Crippen molar-refractivity contribution in [2.75, 3.05) is 5.32 Å². The lowest BCUT2D eigenvalue weighted by molar-refractivity contribution is -0.129. The fourth-order valence-electron chi connectivity index (χ4n) is 4.04. The summed E-state index contributed by atoms with van der Waals surface area (Å²) in [5.41, 5.74) is 0.321. The van der Waals surface area contributed by atoms with Gasteiger partial charge in [0.2, 0.25) is 5.60 Å². The largest absolute Gasteiger partial charge is 0.392 e. The molecule has 0 bridgehead atoms. The number of halogens is 2. The van der Waals surface area contributed by atoms with E-state index in [2.05, 4.69) is 17.2 Å². The smallest absolute Gasteiger partial charge is 0.269 e. The molecule has 5 nitrogen and oxygen atoms in total. The number of anilines is 1. The van der Waals surface area contributed by atoms with Gasteiger partial charge >= 0.3 is 0 Å². The Kier molecular flexibility index (Phi) is 7.17. The van der Waals surface area contributed by atoms with Crippen LogP contribution in [0.25, 0.3) is 0 Å². The van der Waals surface area contributed by atoms with Crippen molar-refractivity contribution in [1.29, 1.82) is 5.26 Å². The predicted molar refractivity (Wildman–Crippen MR) is 136 cm³/mol. The van der Waals surface area contributed by atoms with Crippen LogP contribution in [-0.2, 0) is 16.8 Å². The Bertz CT molecular complexity index is 1370. The van der Waals surface area contributed by atoms with Gasteiger partial charge in [0.15, 0.2) is 0 Å². The van der Waals surface area contributed by atoms with Gasteiger partial charge in [0.25, 0.3) is 5.91 Å². The average Bonchev–Trinajstić information content (AvgIpc) is 3.63. The lowest BCUT2D eigenvalue weighted by Gasteiger charge is -2.27. The Labute approximate surface area is 213 Å². The van der Waals surface area contributed by atoms with E-state index in [1.165, 1.54) is 12.1 Å². The zero-order chi connectivity index (χ0) is 25.1. The molecule has 35 heavy (non-hydrogen) atoms. The minimum Gasteiger partial charge on any atom is -0.392 e. The molecule has 0 aromatic heterocycles. The number of nitrogens with zero attached hydrogens (tertiary/aromatic N) is 1. The van der Waals surface area contributed by atoms with Crippen LogP contribution in [0.15, 0.2) is 66.7 Å². The fraction of sp³-hybridized carbons (Fsp3) is 0.214. The quantitative estimate of drug-likeness (QED) is 0.402. The average molecular weight is 505 g/mol. The Morgan fingerprint density at radius 1 is 1.06 bits per heavy atom. The molecule has 3 N–H and O–H groups in total. The number of nitrogens with one attached hydrogen (secondary N) is 1. The Hall–Kier alpha value is -3.32. The lowest BCUT2D eigenvalue weighted by atomic mass is 9.82. The first-order valence-electron chi connectivity index (χ1n) is 11.0. The molecule has 1 saturated carbocycles. The molecule has 1 aliphatic rings. The van der Waals surface area contributed by atoms with E-state index in [9.17, 15) is 15.0 Å². The van der Waals surface area contributed by atoms with Crippen LogP contribution >= 0.6 is 23.2 Å². The zero-order valence-corrected chi connectivity index (χ0v) is 20.2. The minimum absolute atomic E-state index is 0.0568. The summed E-state index contributed by atoms with van der Waals surface area (Å²) in [5.74, 6) is 5.00. The lowest BCUT2D eigenvalue weighted by Crippen LogP contribution is -2.44. The number of carbonyl (C=O) groups excluding carboxylic acids is 1. The monoisotopic (exact) mass is 504 g/mol. The molecule has 176 valence electrons. The van der Waals surface area contributed by atoms with Crippen molar-refractivity contribution in [3.63, 3.8) is 0 Å². The first kappa shape index (κ1) is 24.8. The van der Waals surface area contributed by atoms with Crippen molar-refractivity contribution >= 4 is 34.8 Å². The Balaban J connectivity index is 1.68. The molecule has 3 aromatic carbocycles. The molecular formula is C28H22Cl2N2O3. The van der Waals surface area contributed by atoms with Gasteiger partial charge in [0.05, 0.1) is 17.2 Å². The predicted octanol–water partition coefficient (Wildman–Crippen LogP) is 5.20. The van der Waals surface area contributed by atoms with Crippen LogP contribution in [0.5, 0.6) is 0 Å². The van der Waals surface area contributed by atoms with E-state index in [1.54, 1.807) is 36.4 Å². The summed E-state index contributed by atoms with van der Waals surface area (Å²) in [5, 5.41) is 33.5. The SMILES string of the molecule is N#Cc1ccc(NC(=O)C(O)(C#Cc2ccc(CO)cc2)CC2(c3ccccc3Cl)CC2)cc1Cl. The molecule has 4 rings (SSSR count). The molecule has 1 unspecified atom stereocenters. The number of nitriles is 1. The van der Waals surface area contributed by atoms with Gasteiger partial charge in [0.1, 0.15) is 6.07 Å². The Morgan fingerprint density at radius 3 is 2.37 bits per heavy atom. The zero-order valence-electron chi connectivity index (χ0n) is 18.7. The molecule has 1 amide bonds. The highest BCUT2D eigenvalue weighted by molar-refractivity contribution is 6.32. The second-order valence-corrected chi connectivity index (χ2v) is 9.48. The minimum atomic E-state index is -2.04. The van der Waals surface area contributed by atoms with Crippen LogP contribution < -0.4 is 5.32 Å². The third-order valence-corrected chi connectivity index (χ3v) is 6.81. The van der Waals surface area contributed by atoms with E-state index in [1.807, 2.05) is 24.3 Å². The Morgan fingerprint density at radius 2 is 1.77 bits per heavy atom. The van der Waals surface area contributed by atoms with Gasteiger partial charge in [-0.1, -0.05) is 65.4 Å². The highest BCUT2D eigenvalue weighted by Gasteiger charge is 2.53. The van der Waals surface area contributed by atoms with Crippen LogP contribution in [-0.4, -0.2) is 21.7 Å². The number of aliphatic hydroxyl groups is 2. The van der Waals surface area contributed by atoms with Gasteiger partial charge in [-0.15, -0.1) is 0 Å². The molecule has 1 aliphatic carbocycles. The van der Waals surface area contributed by atoms with E-state index >= 15 is 0 Å². The molecule has 3 aromatic rings. The normalized spacial score (nSPS) is 15.2. The van der Waals surface area contributed by atoms with Gasteiger partial charge < -0.3 is 15.5 Å². The number of amides is 1. The number of hydrogen-bond acceptors (Lipinski definition) is 4. The maximum atomic E-state index is 13.4. The van der Waals surface area contributed by atoms with E-state index in [-0.39, 0.29) is 23.6 Å². The number of rotatable bonds is 6. The maximum Gasteiger partial charge on any atom is 0.269 e. The summed E-state index contributed by atoms with van der Waals surface area (Å²) in [7, 11) is 0. The summed E-state index contributed by atoms with van der Waals surface area (Å²) < 4.78 is 0. The molecule has 0 saturated heterocycles. The first-order valence-corrected chi connectivity index (χ1v) is 11.8. The molecule has 1 atom stereocenters. The van der Waals surface area contributed by atoms with Gasteiger partial charge in [-0.3, -0.25) is 4.79 Å². The van der Waals surface area contributed by atoms with Crippen LogP contribution in [0.3, 0.4) is 0 Å². The van der Waals surface area contributed by atoms with E-state index in [0.29, 0.717) is 16.3 Å². The second-order valence-electron chi connectivity index (χ2n) is 8.66. The molecule has 0 radical (unpaired) electrons. The standard InChI is InChI=1S/C28H22Cl2N2O3/c29-24-4-2-1-3-23(24)27(13-14-27)18-28(35,12-11-19-5-7-20(17-33)8-6-19)26(34)32-22-10-9-21(16-31)25(30)15-22/h1-10,15,33,35H,13-14,17-18H2,(H,32,34). The fourth-order valence-corrected chi connectivity index (χ4v) is 4.60. The van der Waals surface area contributed by atoms with Gasteiger partial charge in [-0.2, -0.15) is 5.26 Å². The van der Waals surface area contributed by atoms with E-state index < -0.39 is 16.9 Å². The van der Waals surface area contributed by atoms with E-state index in [4.69, 9.17) is 28.5 Å². The van der Waals surface area contributed by atoms with Crippen molar-refractivity contribution in [3.05, 3.63) is 99.0 Å². The van der Waals surface area contributed by atoms with Gasteiger partial charge in [-0.25, -0.2) is 0 Å². The summed E-state index contributed by atoms with van der Waals surface area (Å²) in [6.07, 6.45) is 1.59. The molecule has 0 heterocycles. The summed E-state index contributed by atoms with van der Waals surface area (Å²) in [4.78, 5) is 13.4. The summed E-state index contributed by atoms with van der Waals surface area (Å²) >= 11 is 12.6. The summed E-state index contributed by atoms with van der Waals surface area (Å²) in [6, 6.07) is 20.8. The van der Waals surface area contributed by atoms with Crippen molar-refractivity contribution in [1.82, 2.24) is 0 Å². The second kappa shape index (κ2) is 10.1. The molecule has 7 heteroatoms. The van der Waals surface area contributed by atoms with Crippen LogP contribution in [0.4, 0.5) is 5.69 Å². The molecule has 1 fully saturated rings. The van der Waals surface area contributed by atoms with Crippen LogP contribution in [0.2, 0.25) is 10.0 Å². The number of aliphatic hydroxyl groups excluding tert-OH is 1.